The second-order valence-corrected chi connectivity index (χ2v) is 3.92. The Balaban J connectivity index is 2.74. The minimum atomic E-state index is -0.829. The summed E-state index contributed by atoms with van der Waals surface area (Å²) in [6, 6.07) is 7.41. The van der Waals surface area contributed by atoms with Crippen LogP contribution in [0.15, 0.2) is 24.3 Å². The van der Waals surface area contributed by atoms with Crippen molar-refractivity contribution in [2.75, 3.05) is 13.7 Å². The van der Waals surface area contributed by atoms with Gasteiger partial charge in [0, 0.05) is 6.61 Å². The summed E-state index contributed by atoms with van der Waals surface area (Å²) in [5, 5.41) is 17.8. The Bertz CT molecular complexity index is 362. The minimum Gasteiger partial charge on any atom is -0.496 e. The van der Waals surface area contributed by atoms with E-state index < -0.39 is 11.9 Å². The van der Waals surface area contributed by atoms with Crippen molar-refractivity contribution in [3.8, 4) is 5.75 Å². The van der Waals surface area contributed by atoms with Gasteiger partial charge in [-0.1, -0.05) is 18.2 Å². The molecule has 1 aromatic carbocycles. The second kappa shape index (κ2) is 6.91. The van der Waals surface area contributed by atoms with E-state index in [9.17, 15) is 4.79 Å². The van der Waals surface area contributed by atoms with Gasteiger partial charge < -0.3 is 14.9 Å². The monoisotopic (exact) mass is 238 g/mol. The van der Waals surface area contributed by atoms with Crippen molar-refractivity contribution in [1.82, 2.24) is 0 Å². The lowest BCUT2D eigenvalue weighted by molar-refractivity contribution is -0.142. The molecule has 1 rings (SSSR count). The normalized spacial score (nSPS) is 12.1. The maximum atomic E-state index is 11.1. The molecule has 17 heavy (non-hydrogen) atoms. The fraction of sp³-hybridized carbons (Fsp3) is 0.462. The lowest BCUT2D eigenvalue weighted by Gasteiger charge is -2.14. The zero-order chi connectivity index (χ0) is 12.7. The molecule has 0 saturated heterocycles. The van der Waals surface area contributed by atoms with E-state index in [1.165, 1.54) is 0 Å². The first-order valence-electron chi connectivity index (χ1n) is 5.64. The fourth-order valence-electron chi connectivity index (χ4n) is 1.79. The van der Waals surface area contributed by atoms with Gasteiger partial charge in [-0.05, 0) is 30.9 Å². The smallest absolute Gasteiger partial charge is 0.306 e. The van der Waals surface area contributed by atoms with Gasteiger partial charge in [-0.3, -0.25) is 4.79 Å². The zero-order valence-electron chi connectivity index (χ0n) is 9.93. The van der Waals surface area contributed by atoms with Crippen molar-refractivity contribution < 1.29 is 19.7 Å². The van der Waals surface area contributed by atoms with Crippen LogP contribution in [0.1, 0.15) is 18.4 Å². The molecule has 0 bridgehead atoms. The summed E-state index contributed by atoms with van der Waals surface area (Å²) in [5.41, 5.74) is 0.889. The van der Waals surface area contributed by atoms with Crippen LogP contribution < -0.4 is 4.74 Å². The van der Waals surface area contributed by atoms with Crippen LogP contribution >= 0.6 is 0 Å². The maximum absolute atomic E-state index is 11.1. The van der Waals surface area contributed by atoms with Crippen molar-refractivity contribution in [2.24, 2.45) is 5.92 Å². The molecule has 0 aliphatic heterocycles. The Labute approximate surface area is 101 Å². The van der Waals surface area contributed by atoms with Crippen LogP contribution in [0.4, 0.5) is 0 Å². The largest absolute Gasteiger partial charge is 0.496 e. The highest BCUT2D eigenvalue weighted by atomic mass is 16.5. The summed E-state index contributed by atoms with van der Waals surface area (Å²) in [5.74, 6) is -0.592. The van der Waals surface area contributed by atoms with Crippen LogP contribution in [0.3, 0.4) is 0 Å². The number of carboxylic acid groups (broad SMARTS) is 1. The number of rotatable bonds is 7. The van der Waals surface area contributed by atoms with E-state index in [0.717, 1.165) is 5.56 Å². The van der Waals surface area contributed by atoms with Crippen LogP contribution in [0.5, 0.6) is 5.75 Å². The van der Waals surface area contributed by atoms with Gasteiger partial charge in [0.15, 0.2) is 0 Å². The molecular formula is C13H18O4. The van der Waals surface area contributed by atoms with E-state index in [-0.39, 0.29) is 6.61 Å². The lowest BCUT2D eigenvalue weighted by Crippen LogP contribution is -2.17. The highest BCUT2D eigenvalue weighted by molar-refractivity contribution is 5.70. The second-order valence-electron chi connectivity index (χ2n) is 3.92. The number of hydrogen-bond acceptors (Lipinski definition) is 3. The number of benzene rings is 1. The number of carboxylic acids is 1. The molecule has 0 aliphatic carbocycles. The molecule has 0 amide bonds. The van der Waals surface area contributed by atoms with Gasteiger partial charge in [0.25, 0.3) is 0 Å². The van der Waals surface area contributed by atoms with Gasteiger partial charge in [0.1, 0.15) is 5.75 Å². The molecule has 0 aromatic heterocycles. The third-order valence-corrected chi connectivity index (χ3v) is 2.72. The van der Waals surface area contributed by atoms with Gasteiger partial charge in [-0.15, -0.1) is 0 Å². The summed E-state index contributed by atoms with van der Waals surface area (Å²) >= 11 is 0. The number of aliphatic carboxylic acids is 1. The van der Waals surface area contributed by atoms with Crippen molar-refractivity contribution in [1.29, 1.82) is 0 Å². The summed E-state index contributed by atoms with van der Waals surface area (Å²) < 4.78 is 5.19. The molecule has 0 fully saturated rings. The molecule has 94 valence electrons. The average molecular weight is 238 g/mol. The molecule has 0 spiro atoms. The fourth-order valence-corrected chi connectivity index (χ4v) is 1.79. The van der Waals surface area contributed by atoms with E-state index in [0.29, 0.717) is 25.0 Å². The molecule has 2 N–H and O–H groups in total. The summed E-state index contributed by atoms with van der Waals surface area (Å²) in [6.45, 7) is 0.0235. The Hall–Kier alpha value is -1.55. The van der Waals surface area contributed by atoms with E-state index in [1.54, 1.807) is 7.11 Å². The molecule has 4 nitrogen and oxygen atoms in total. The number of aliphatic hydroxyl groups excluding tert-OH is 1. The highest BCUT2D eigenvalue weighted by Gasteiger charge is 2.19. The SMILES string of the molecule is COc1ccccc1CC(CCCO)C(=O)O. The Morgan fingerprint density at radius 1 is 1.41 bits per heavy atom. The quantitative estimate of drug-likeness (QED) is 0.759. The van der Waals surface area contributed by atoms with E-state index in [4.69, 9.17) is 14.9 Å². The third kappa shape index (κ3) is 4.07. The first-order valence-corrected chi connectivity index (χ1v) is 5.64. The molecular weight excluding hydrogens is 220 g/mol. The number of carbonyl (C=O) groups is 1. The van der Waals surface area contributed by atoms with Crippen molar-refractivity contribution >= 4 is 5.97 Å². The van der Waals surface area contributed by atoms with E-state index >= 15 is 0 Å². The third-order valence-electron chi connectivity index (χ3n) is 2.72. The lowest BCUT2D eigenvalue weighted by atomic mass is 9.94. The summed E-state index contributed by atoms with van der Waals surface area (Å²) in [6.07, 6.45) is 1.41. The molecule has 1 atom stereocenters. The topological polar surface area (TPSA) is 66.8 Å². The summed E-state index contributed by atoms with van der Waals surface area (Å²) in [4.78, 5) is 11.1. The Morgan fingerprint density at radius 2 is 2.12 bits per heavy atom. The average Bonchev–Trinajstić information content (AvgIpc) is 2.34. The molecule has 0 saturated carbocycles. The minimum absolute atomic E-state index is 0.0235. The number of methoxy groups -OCH3 is 1. The van der Waals surface area contributed by atoms with Crippen molar-refractivity contribution in [3.63, 3.8) is 0 Å². The van der Waals surface area contributed by atoms with Crippen LogP contribution in [-0.4, -0.2) is 29.9 Å². The predicted octanol–water partition coefficient (Wildman–Crippen LogP) is 1.71. The molecule has 0 aliphatic rings. The molecule has 0 radical (unpaired) electrons. The van der Waals surface area contributed by atoms with E-state index in [1.807, 2.05) is 24.3 Å². The number of hydrogen-bond donors (Lipinski definition) is 2. The molecule has 1 aromatic rings. The predicted molar refractivity (Wildman–Crippen MR) is 64.1 cm³/mol. The first-order chi connectivity index (χ1) is 8.19. The standard InChI is InChI=1S/C13H18O4/c1-17-12-7-3-2-5-10(12)9-11(13(15)16)6-4-8-14/h2-3,5,7,11,14H,4,6,8-9H2,1H3,(H,15,16). The van der Waals surface area contributed by atoms with Crippen LogP contribution in [0, 0.1) is 5.92 Å². The zero-order valence-corrected chi connectivity index (χ0v) is 9.93. The number of para-hydroxylation sites is 1. The first kappa shape index (κ1) is 13.5. The van der Waals surface area contributed by atoms with Gasteiger partial charge >= 0.3 is 5.97 Å². The van der Waals surface area contributed by atoms with Crippen LogP contribution in [0.2, 0.25) is 0 Å². The molecule has 0 heterocycles. The number of ether oxygens (including phenoxy) is 1. The number of aliphatic hydroxyl groups is 1. The summed E-state index contributed by atoms with van der Waals surface area (Å²) in [7, 11) is 1.57. The van der Waals surface area contributed by atoms with Gasteiger partial charge in [-0.2, -0.15) is 0 Å². The molecule has 4 heteroatoms. The van der Waals surface area contributed by atoms with Gasteiger partial charge in [-0.25, -0.2) is 0 Å². The maximum Gasteiger partial charge on any atom is 0.306 e. The van der Waals surface area contributed by atoms with Crippen LogP contribution in [0.25, 0.3) is 0 Å². The van der Waals surface area contributed by atoms with Crippen LogP contribution in [-0.2, 0) is 11.2 Å². The van der Waals surface area contributed by atoms with Crippen molar-refractivity contribution in [2.45, 2.75) is 19.3 Å². The molecule has 1 unspecified atom stereocenters. The van der Waals surface area contributed by atoms with Gasteiger partial charge in [0.05, 0.1) is 13.0 Å². The highest BCUT2D eigenvalue weighted by Crippen LogP contribution is 2.23. The van der Waals surface area contributed by atoms with Gasteiger partial charge in [0.2, 0.25) is 0 Å². The Morgan fingerprint density at radius 3 is 2.71 bits per heavy atom. The van der Waals surface area contributed by atoms with Crippen molar-refractivity contribution in [3.05, 3.63) is 29.8 Å². The van der Waals surface area contributed by atoms with E-state index in [2.05, 4.69) is 0 Å². The Kier molecular flexibility index (Phi) is 5.49.